The van der Waals surface area contributed by atoms with Gasteiger partial charge in [0, 0.05) is 12.1 Å². The summed E-state index contributed by atoms with van der Waals surface area (Å²) in [5, 5.41) is 6.62. The Morgan fingerprint density at radius 2 is 2.14 bits per heavy atom. The quantitative estimate of drug-likeness (QED) is 0.684. The molecule has 0 radical (unpaired) electrons. The highest BCUT2D eigenvalue weighted by molar-refractivity contribution is 7.91. The molecule has 1 saturated heterocycles. The fourth-order valence-corrected chi connectivity index (χ4v) is 4.77. The maximum Gasteiger partial charge on any atom is 0.244 e. The van der Waals surface area contributed by atoms with E-state index in [1.54, 1.807) is 31.4 Å². The summed E-state index contributed by atoms with van der Waals surface area (Å²) in [5.74, 6) is 1.59. The summed E-state index contributed by atoms with van der Waals surface area (Å²) < 4.78 is 39.3. The van der Waals surface area contributed by atoms with Gasteiger partial charge in [-0.05, 0) is 44.0 Å². The molecule has 1 N–H and O–H groups in total. The zero-order chi connectivity index (χ0) is 21.0. The fourth-order valence-electron chi connectivity index (χ4n) is 3.10. The highest BCUT2D eigenvalue weighted by atomic mass is 32.2. The van der Waals surface area contributed by atoms with E-state index < -0.39 is 9.84 Å². The Bertz CT molecular complexity index is 1010. The molecular formula is C20H24N2O6S. The molecule has 0 bridgehead atoms. The van der Waals surface area contributed by atoms with Crippen LogP contribution in [0.1, 0.15) is 29.0 Å². The first kappa shape index (κ1) is 20.9. The van der Waals surface area contributed by atoms with E-state index >= 15 is 0 Å². The van der Waals surface area contributed by atoms with Crippen molar-refractivity contribution in [1.29, 1.82) is 0 Å². The Morgan fingerprint density at radius 3 is 2.76 bits per heavy atom. The molecule has 1 atom stereocenters. The number of carbonyl (C=O) groups excluding carboxylic acids is 1. The maximum absolute atomic E-state index is 12.0. The van der Waals surface area contributed by atoms with Crippen LogP contribution >= 0.6 is 0 Å². The predicted octanol–water partition coefficient (Wildman–Crippen LogP) is 2.20. The van der Waals surface area contributed by atoms with Crippen molar-refractivity contribution < 1.29 is 27.2 Å². The summed E-state index contributed by atoms with van der Waals surface area (Å²) in [6, 6.07) is 4.99. The molecule has 2 aromatic rings. The number of nitrogens with one attached hydrogen (secondary N) is 1. The Morgan fingerprint density at radius 1 is 1.34 bits per heavy atom. The minimum Gasteiger partial charge on any atom is -0.493 e. The molecule has 3 rings (SSSR count). The van der Waals surface area contributed by atoms with Crippen LogP contribution in [0.15, 0.2) is 28.8 Å². The van der Waals surface area contributed by atoms with Gasteiger partial charge in [-0.3, -0.25) is 4.79 Å². The van der Waals surface area contributed by atoms with Crippen LogP contribution in [0.5, 0.6) is 11.5 Å². The third-order valence-electron chi connectivity index (χ3n) is 4.75. The molecule has 1 aliphatic rings. The van der Waals surface area contributed by atoms with Gasteiger partial charge in [-0.1, -0.05) is 11.2 Å². The number of aryl methyl sites for hydroxylation is 2. The van der Waals surface area contributed by atoms with Gasteiger partial charge in [0.05, 0.1) is 29.9 Å². The van der Waals surface area contributed by atoms with E-state index in [-0.39, 0.29) is 23.5 Å². The summed E-state index contributed by atoms with van der Waals surface area (Å²) in [6.07, 6.45) is 3.47. The third-order valence-corrected chi connectivity index (χ3v) is 6.51. The second-order valence-electron chi connectivity index (χ2n) is 6.94. The lowest BCUT2D eigenvalue weighted by atomic mass is 10.1. The van der Waals surface area contributed by atoms with Crippen LogP contribution in [-0.4, -0.2) is 44.1 Å². The van der Waals surface area contributed by atoms with Crippen LogP contribution in [0.2, 0.25) is 0 Å². The Kier molecular flexibility index (Phi) is 6.26. The Labute approximate surface area is 169 Å². The van der Waals surface area contributed by atoms with E-state index in [0.29, 0.717) is 30.3 Å². The molecule has 1 amide bonds. The number of carbonyl (C=O) groups is 1. The number of methoxy groups -OCH3 is 1. The minimum absolute atomic E-state index is 0.00241. The topological polar surface area (TPSA) is 108 Å². The van der Waals surface area contributed by atoms with E-state index in [4.69, 9.17) is 14.0 Å². The van der Waals surface area contributed by atoms with Gasteiger partial charge >= 0.3 is 0 Å². The maximum atomic E-state index is 12.0. The SMILES string of the molecule is COc1cc(/C=C/C(=O)NC2CCS(=O)(=O)C2)ccc1OCc1c(C)noc1C. The van der Waals surface area contributed by atoms with Crippen molar-refractivity contribution in [3.8, 4) is 11.5 Å². The highest BCUT2D eigenvalue weighted by Gasteiger charge is 2.28. The van der Waals surface area contributed by atoms with Gasteiger partial charge < -0.3 is 19.3 Å². The van der Waals surface area contributed by atoms with Crippen molar-refractivity contribution >= 4 is 21.8 Å². The standard InChI is InChI=1S/C20H24N2O6S/c1-13-17(14(2)28-22-13)11-27-18-6-4-15(10-19(18)26-3)5-7-20(23)21-16-8-9-29(24,25)12-16/h4-7,10,16H,8-9,11-12H2,1-3H3,(H,21,23)/b7-5+. The molecule has 156 valence electrons. The Balaban J connectivity index is 1.62. The van der Waals surface area contributed by atoms with Gasteiger partial charge in [0.25, 0.3) is 0 Å². The van der Waals surface area contributed by atoms with Crippen LogP contribution in [0.25, 0.3) is 6.08 Å². The summed E-state index contributed by atoms with van der Waals surface area (Å²) in [7, 11) is -1.49. The van der Waals surface area contributed by atoms with Crippen LogP contribution in [0.4, 0.5) is 0 Å². The van der Waals surface area contributed by atoms with E-state index in [2.05, 4.69) is 10.5 Å². The first-order valence-electron chi connectivity index (χ1n) is 9.19. The molecule has 29 heavy (non-hydrogen) atoms. The molecule has 1 unspecified atom stereocenters. The van der Waals surface area contributed by atoms with Crippen LogP contribution < -0.4 is 14.8 Å². The summed E-state index contributed by atoms with van der Waals surface area (Å²) in [4.78, 5) is 12.0. The lowest BCUT2D eigenvalue weighted by Gasteiger charge is -2.11. The van der Waals surface area contributed by atoms with Gasteiger partial charge in [-0.2, -0.15) is 0 Å². The van der Waals surface area contributed by atoms with Crippen LogP contribution in [0, 0.1) is 13.8 Å². The van der Waals surface area contributed by atoms with E-state index in [0.717, 1.165) is 16.8 Å². The Hall–Kier alpha value is -2.81. The molecule has 1 aromatic heterocycles. The number of hydrogen-bond acceptors (Lipinski definition) is 7. The van der Waals surface area contributed by atoms with Crippen molar-refractivity contribution in [2.45, 2.75) is 32.9 Å². The van der Waals surface area contributed by atoms with E-state index in [1.807, 2.05) is 13.8 Å². The molecule has 0 saturated carbocycles. The molecule has 1 aromatic carbocycles. The number of benzene rings is 1. The number of sulfone groups is 1. The van der Waals surface area contributed by atoms with Crippen LogP contribution in [0.3, 0.4) is 0 Å². The van der Waals surface area contributed by atoms with E-state index in [1.165, 1.54) is 6.08 Å². The number of ether oxygens (including phenoxy) is 2. The first-order valence-corrected chi connectivity index (χ1v) is 11.0. The lowest BCUT2D eigenvalue weighted by Crippen LogP contribution is -2.34. The largest absolute Gasteiger partial charge is 0.493 e. The number of hydrogen-bond donors (Lipinski definition) is 1. The van der Waals surface area contributed by atoms with Crippen molar-refractivity contribution in [2.24, 2.45) is 0 Å². The molecule has 8 nitrogen and oxygen atoms in total. The molecule has 0 spiro atoms. The number of aromatic nitrogens is 1. The van der Waals surface area contributed by atoms with Crippen molar-refractivity contribution in [1.82, 2.24) is 10.5 Å². The monoisotopic (exact) mass is 420 g/mol. The normalized spacial score (nSPS) is 18.1. The van der Waals surface area contributed by atoms with Gasteiger partial charge in [0.15, 0.2) is 21.3 Å². The molecule has 9 heteroatoms. The number of amides is 1. The average molecular weight is 420 g/mol. The molecular weight excluding hydrogens is 396 g/mol. The van der Waals surface area contributed by atoms with Gasteiger partial charge in [-0.15, -0.1) is 0 Å². The zero-order valence-electron chi connectivity index (χ0n) is 16.6. The summed E-state index contributed by atoms with van der Waals surface area (Å²) >= 11 is 0. The second kappa shape index (κ2) is 8.69. The zero-order valence-corrected chi connectivity index (χ0v) is 17.4. The summed E-state index contributed by atoms with van der Waals surface area (Å²) in [5.41, 5.74) is 2.42. The molecule has 0 aliphatic carbocycles. The average Bonchev–Trinajstić information content (AvgIpc) is 3.19. The summed E-state index contributed by atoms with van der Waals surface area (Å²) in [6.45, 7) is 3.99. The fraction of sp³-hybridized carbons (Fsp3) is 0.400. The third kappa shape index (κ3) is 5.38. The number of nitrogens with zero attached hydrogens (tertiary/aromatic N) is 1. The molecule has 1 fully saturated rings. The predicted molar refractivity (Wildman–Crippen MR) is 108 cm³/mol. The molecule has 1 aliphatic heterocycles. The first-order chi connectivity index (χ1) is 13.8. The van der Waals surface area contributed by atoms with Crippen molar-refractivity contribution in [3.63, 3.8) is 0 Å². The van der Waals surface area contributed by atoms with Crippen molar-refractivity contribution in [2.75, 3.05) is 18.6 Å². The number of rotatable bonds is 7. The highest BCUT2D eigenvalue weighted by Crippen LogP contribution is 2.30. The van der Waals surface area contributed by atoms with Crippen molar-refractivity contribution in [3.05, 3.63) is 46.9 Å². The van der Waals surface area contributed by atoms with Gasteiger partial charge in [0.2, 0.25) is 5.91 Å². The van der Waals surface area contributed by atoms with Gasteiger partial charge in [0.1, 0.15) is 12.4 Å². The minimum atomic E-state index is -3.03. The van der Waals surface area contributed by atoms with Gasteiger partial charge in [-0.25, -0.2) is 8.42 Å². The van der Waals surface area contributed by atoms with E-state index in [9.17, 15) is 13.2 Å². The van der Waals surface area contributed by atoms with Crippen LogP contribution in [-0.2, 0) is 21.2 Å². The molecule has 2 heterocycles. The lowest BCUT2D eigenvalue weighted by molar-refractivity contribution is -0.116. The second-order valence-corrected chi connectivity index (χ2v) is 9.17. The smallest absolute Gasteiger partial charge is 0.244 e.